The third-order valence-electron chi connectivity index (χ3n) is 3.17. The van der Waals surface area contributed by atoms with Crippen LogP contribution in [0.3, 0.4) is 0 Å². The van der Waals surface area contributed by atoms with Crippen LogP contribution in [0.5, 0.6) is 0 Å². The Balaban J connectivity index is 2.13. The molecule has 0 aromatic heterocycles. The molecule has 0 heterocycles. The molecule has 0 saturated carbocycles. The molecule has 1 atom stereocenters. The summed E-state index contributed by atoms with van der Waals surface area (Å²) in [5.74, 6) is -0.384. The summed E-state index contributed by atoms with van der Waals surface area (Å²) >= 11 is 0. The molecule has 0 bridgehead atoms. The van der Waals surface area contributed by atoms with Gasteiger partial charge in [-0.2, -0.15) is 0 Å². The van der Waals surface area contributed by atoms with Crippen molar-refractivity contribution in [1.82, 2.24) is 0 Å². The lowest BCUT2D eigenvalue weighted by Crippen LogP contribution is -2.12. The van der Waals surface area contributed by atoms with E-state index in [2.05, 4.69) is 0 Å². The second-order valence-electron chi connectivity index (χ2n) is 4.17. The summed E-state index contributed by atoms with van der Waals surface area (Å²) in [7, 11) is 0. The Bertz CT molecular complexity index is 566. The van der Waals surface area contributed by atoms with Crippen molar-refractivity contribution in [2.45, 2.75) is 5.92 Å². The number of carbonyl (C=O) groups excluding carboxylic acids is 1. The third kappa shape index (κ3) is 1.41. The fourth-order valence-electron chi connectivity index (χ4n) is 2.34. The molecule has 2 aromatic carbocycles. The third-order valence-corrected chi connectivity index (χ3v) is 3.17. The van der Waals surface area contributed by atoms with Crippen LogP contribution in [0.15, 0.2) is 54.6 Å². The Morgan fingerprint density at radius 1 is 0.824 bits per heavy atom. The zero-order valence-electron chi connectivity index (χ0n) is 9.18. The van der Waals surface area contributed by atoms with E-state index in [4.69, 9.17) is 5.41 Å². The first kappa shape index (κ1) is 9.97. The molecule has 0 amide bonds. The SMILES string of the molecule is N=C1c2ccccc2C(=O)[C@H]1c1ccccc1. The van der Waals surface area contributed by atoms with E-state index in [1.807, 2.05) is 48.5 Å². The van der Waals surface area contributed by atoms with Crippen molar-refractivity contribution >= 4 is 11.5 Å². The maximum absolute atomic E-state index is 12.3. The summed E-state index contributed by atoms with van der Waals surface area (Å²) in [6.07, 6.45) is 0. The number of hydrogen-bond acceptors (Lipinski definition) is 2. The lowest BCUT2D eigenvalue weighted by Gasteiger charge is -2.08. The fourth-order valence-corrected chi connectivity index (χ4v) is 2.34. The van der Waals surface area contributed by atoms with Crippen LogP contribution in [-0.4, -0.2) is 11.5 Å². The minimum atomic E-state index is -0.423. The van der Waals surface area contributed by atoms with Crippen LogP contribution < -0.4 is 0 Å². The monoisotopic (exact) mass is 221 g/mol. The van der Waals surface area contributed by atoms with Crippen LogP contribution in [0.1, 0.15) is 27.4 Å². The number of hydrogen-bond donors (Lipinski definition) is 1. The smallest absolute Gasteiger partial charge is 0.176 e. The van der Waals surface area contributed by atoms with Crippen LogP contribution >= 0.6 is 0 Å². The molecular weight excluding hydrogens is 210 g/mol. The zero-order valence-corrected chi connectivity index (χ0v) is 9.18. The Morgan fingerprint density at radius 3 is 2.06 bits per heavy atom. The van der Waals surface area contributed by atoms with E-state index in [1.54, 1.807) is 6.07 Å². The quantitative estimate of drug-likeness (QED) is 0.790. The summed E-state index contributed by atoms with van der Waals surface area (Å²) in [5.41, 5.74) is 2.76. The largest absolute Gasteiger partial charge is 0.304 e. The number of benzene rings is 2. The van der Waals surface area contributed by atoms with E-state index in [1.165, 1.54) is 0 Å². The van der Waals surface area contributed by atoms with Crippen LogP contribution in [0.4, 0.5) is 0 Å². The summed E-state index contributed by atoms with van der Waals surface area (Å²) < 4.78 is 0. The highest BCUT2D eigenvalue weighted by Crippen LogP contribution is 2.33. The predicted molar refractivity (Wildman–Crippen MR) is 66.8 cm³/mol. The average Bonchev–Trinajstić information content (AvgIpc) is 2.64. The molecule has 17 heavy (non-hydrogen) atoms. The van der Waals surface area contributed by atoms with Gasteiger partial charge < -0.3 is 5.41 Å². The molecule has 0 aliphatic heterocycles. The summed E-state index contributed by atoms with van der Waals surface area (Å²) in [6, 6.07) is 16.9. The van der Waals surface area contributed by atoms with Gasteiger partial charge in [0.2, 0.25) is 0 Å². The highest BCUT2D eigenvalue weighted by Gasteiger charge is 2.36. The molecule has 2 heteroatoms. The molecule has 82 valence electrons. The molecule has 2 aromatic rings. The minimum absolute atomic E-state index is 0.0387. The molecule has 0 radical (unpaired) electrons. The molecule has 1 N–H and O–H groups in total. The first-order valence-electron chi connectivity index (χ1n) is 5.56. The van der Waals surface area contributed by atoms with Crippen molar-refractivity contribution in [2.75, 3.05) is 0 Å². The van der Waals surface area contributed by atoms with Gasteiger partial charge in [0.1, 0.15) is 0 Å². The first-order valence-corrected chi connectivity index (χ1v) is 5.56. The normalized spacial score (nSPS) is 18.2. The van der Waals surface area contributed by atoms with Gasteiger partial charge in [-0.05, 0) is 5.56 Å². The molecular formula is C15H11NO. The molecule has 0 spiro atoms. The minimum Gasteiger partial charge on any atom is -0.304 e. The van der Waals surface area contributed by atoms with Crippen molar-refractivity contribution in [1.29, 1.82) is 5.41 Å². The Hall–Kier alpha value is -2.22. The summed E-state index contributed by atoms with van der Waals surface area (Å²) in [6.45, 7) is 0. The molecule has 2 nitrogen and oxygen atoms in total. The number of carbonyl (C=O) groups is 1. The van der Waals surface area contributed by atoms with Gasteiger partial charge in [-0.15, -0.1) is 0 Å². The summed E-state index contributed by atoms with van der Waals surface area (Å²) in [5, 5.41) is 8.13. The number of ketones is 1. The lowest BCUT2D eigenvalue weighted by molar-refractivity contribution is 0.0988. The van der Waals surface area contributed by atoms with Gasteiger partial charge in [-0.1, -0.05) is 54.6 Å². The van der Waals surface area contributed by atoms with Crippen LogP contribution in [0.2, 0.25) is 0 Å². The number of Topliss-reactive ketones (excluding diaryl/α,β-unsaturated/α-hetero) is 1. The van der Waals surface area contributed by atoms with Gasteiger partial charge in [0.05, 0.1) is 11.6 Å². The molecule has 0 unspecified atom stereocenters. The molecule has 1 aliphatic carbocycles. The Labute approximate surface area is 99.4 Å². The molecule has 0 saturated heterocycles. The molecule has 0 fully saturated rings. The standard InChI is InChI=1S/C15H11NO/c16-14-11-8-4-5-9-12(11)15(17)13(14)10-6-2-1-3-7-10/h1-9,13,16H/t13-/m0/s1. The van der Waals surface area contributed by atoms with E-state index in [0.29, 0.717) is 11.3 Å². The van der Waals surface area contributed by atoms with Gasteiger partial charge in [-0.25, -0.2) is 0 Å². The highest BCUT2D eigenvalue weighted by atomic mass is 16.1. The maximum Gasteiger partial charge on any atom is 0.176 e. The van der Waals surface area contributed by atoms with Gasteiger partial charge in [0.15, 0.2) is 5.78 Å². The van der Waals surface area contributed by atoms with Gasteiger partial charge in [0, 0.05) is 11.1 Å². The van der Waals surface area contributed by atoms with Gasteiger partial charge >= 0.3 is 0 Å². The maximum atomic E-state index is 12.3. The van der Waals surface area contributed by atoms with Crippen molar-refractivity contribution in [3.05, 3.63) is 71.3 Å². The van der Waals surface area contributed by atoms with Gasteiger partial charge in [-0.3, -0.25) is 4.79 Å². The van der Waals surface area contributed by atoms with Crippen molar-refractivity contribution in [3.63, 3.8) is 0 Å². The Kier molecular flexibility index (Phi) is 2.15. The fraction of sp³-hybridized carbons (Fsp3) is 0.0667. The second kappa shape index (κ2) is 3.67. The van der Waals surface area contributed by atoms with E-state index in [9.17, 15) is 4.79 Å². The van der Waals surface area contributed by atoms with E-state index in [0.717, 1.165) is 11.1 Å². The highest BCUT2D eigenvalue weighted by molar-refractivity contribution is 6.30. The van der Waals surface area contributed by atoms with Crippen molar-refractivity contribution < 1.29 is 4.79 Å². The van der Waals surface area contributed by atoms with E-state index >= 15 is 0 Å². The molecule has 3 rings (SSSR count). The number of rotatable bonds is 1. The van der Waals surface area contributed by atoms with Crippen LogP contribution in [0.25, 0.3) is 0 Å². The first-order chi connectivity index (χ1) is 8.29. The van der Waals surface area contributed by atoms with E-state index in [-0.39, 0.29) is 5.78 Å². The second-order valence-corrected chi connectivity index (χ2v) is 4.17. The zero-order chi connectivity index (χ0) is 11.8. The van der Waals surface area contributed by atoms with Crippen LogP contribution in [0, 0.1) is 5.41 Å². The number of fused-ring (bicyclic) bond motifs is 1. The van der Waals surface area contributed by atoms with Crippen molar-refractivity contribution in [2.24, 2.45) is 0 Å². The van der Waals surface area contributed by atoms with Crippen LogP contribution in [-0.2, 0) is 0 Å². The van der Waals surface area contributed by atoms with E-state index < -0.39 is 5.92 Å². The summed E-state index contributed by atoms with van der Waals surface area (Å²) in [4.78, 5) is 12.3. The average molecular weight is 221 g/mol. The van der Waals surface area contributed by atoms with Gasteiger partial charge in [0.25, 0.3) is 0 Å². The topological polar surface area (TPSA) is 40.9 Å². The lowest BCUT2D eigenvalue weighted by atomic mass is 9.94. The van der Waals surface area contributed by atoms with Crippen molar-refractivity contribution in [3.8, 4) is 0 Å². The Morgan fingerprint density at radius 2 is 1.41 bits per heavy atom. The number of nitrogens with one attached hydrogen (secondary N) is 1. The predicted octanol–water partition coefficient (Wildman–Crippen LogP) is 3.03. The molecule has 1 aliphatic rings.